The molecule has 88 valence electrons. The molecule has 2 rings (SSSR count). The van der Waals surface area contributed by atoms with E-state index < -0.39 is 4.92 Å². The summed E-state index contributed by atoms with van der Waals surface area (Å²) in [5.41, 5.74) is 3.31. The molecule has 3 nitrogen and oxygen atoms in total. The fourth-order valence-corrected chi connectivity index (χ4v) is 1.88. The first-order valence-corrected chi connectivity index (χ1v) is 5.44. The molecule has 18 heavy (non-hydrogen) atoms. The highest BCUT2D eigenvalue weighted by Gasteiger charge is 2.13. The zero-order valence-corrected chi connectivity index (χ0v) is 9.88. The van der Waals surface area contributed by atoms with Crippen LogP contribution in [0.5, 0.6) is 0 Å². The van der Waals surface area contributed by atoms with Gasteiger partial charge in [0.1, 0.15) is 5.56 Å². The smallest absolute Gasteiger partial charge is 0.258 e. The van der Waals surface area contributed by atoms with E-state index in [1.165, 1.54) is 6.07 Å². The van der Waals surface area contributed by atoms with Crippen LogP contribution in [0, 0.1) is 29.4 Å². The van der Waals surface area contributed by atoms with Crippen molar-refractivity contribution in [3.8, 4) is 23.5 Å². The van der Waals surface area contributed by atoms with Crippen molar-refractivity contribution >= 4 is 5.69 Å². The number of nitro groups is 1. The first-order valence-electron chi connectivity index (χ1n) is 5.44. The molecule has 0 atom stereocenters. The summed E-state index contributed by atoms with van der Waals surface area (Å²) in [6, 6.07) is 12.7. The molecule has 3 heteroatoms. The quantitative estimate of drug-likeness (QED) is 0.455. The number of hydrogen-bond acceptors (Lipinski definition) is 2. The van der Waals surface area contributed by atoms with E-state index in [2.05, 4.69) is 5.92 Å². The maximum absolute atomic E-state index is 10.8. The van der Waals surface area contributed by atoms with Crippen molar-refractivity contribution in [2.75, 3.05) is 0 Å². The molecule has 0 bridgehead atoms. The predicted molar refractivity (Wildman–Crippen MR) is 71.2 cm³/mol. The Hall–Kier alpha value is -2.60. The van der Waals surface area contributed by atoms with Crippen LogP contribution in [0.1, 0.15) is 11.1 Å². The third-order valence-electron chi connectivity index (χ3n) is 2.80. The van der Waals surface area contributed by atoms with E-state index in [4.69, 9.17) is 6.42 Å². The van der Waals surface area contributed by atoms with Crippen molar-refractivity contribution in [3.63, 3.8) is 0 Å². The fourth-order valence-electron chi connectivity index (χ4n) is 1.88. The summed E-state index contributed by atoms with van der Waals surface area (Å²) in [5.74, 6) is 2.36. The Morgan fingerprint density at radius 3 is 2.56 bits per heavy atom. The average Bonchev–Trinajstić information content (AvgIpc) is 2.38. The third-order valence-corrected chi connectivity index (χ3v) is 2.80. The normalized spacial score (nSPS) is 9.78. The number of terminal acetylenes is 1. The van der Waals surface area contributed by atoms with Crippen LogP contribution in [-0.2, 0) is 0 Å². The lowest BCUT2D eigenvalue weighted by atomic mass is 9.98. The van der Waals surface area contributed by atoms with E-state index in [1.54, 1.807) is 12.1 Å². The minimum atomic E-state index is -0.461. The zero-order chi connectivity index (χ0) is 13.1. The SMILES string of the molecule is C#Cc1cc(-c2ccccc2C)ccc1[N+](=O)[O-]. The highest BCUT2D eigenvalue weighted by atomic mass is 16.6. The molecule has 0 aliphatic heterocycles. The monoisotopic (exact) mass is 237 g/mol. The van der Waals surface area contributed by atoms with E-state index in [1.807, 2.05) is 31.2 Å². The summed E-state index contributed by atoms with van der Waals surface area (Å²) in [6.07, 6.45) is 5.32. The molecule has 0 amide bonds. The van der Waals surface area contributed by atoms with Crippen LogP contribution < -0.4 is 0 Å². The van der Waals surface area contributed by atoms with Gasteiger partial charge in [-0.15, -0.1) is 6.42 Å². The van der Waals surface area contributed by atoms with Gasteiger partial charge in [-0.05, 0) is 35.7 Å². The highest BCUT2D eigenvalue weighted by Crippen LogP contribution is 2.28. The first kappa shape index (κ1) is 11.9. The van der Waals surface area contributed by atoms with Crippen LogP contribution >= 0.6 is 0 Å². The van der Waals surface area contributed by atoms with Gasteiger partial charge in [-0.3, -0.25) is 10.1 Å². The second-order valence-electron chi connectivity index (χ2n) is 3.95. The van der Waals surface area contributed by atoms with E-state index in [-0.39, 0.29) is 5.69 Å². The lowest BCUT2D eigenvalue weighted by Crippen LogP contribution is -1.93. The third kappa shape index (κ3) is 2.09. The van der Waals surface area contributed by atoms with Crippen molar-refractivity contribution < 1.29 is 4.92 Å². The Morgan fingerprint density at radius 2 is 1.94 bits per heavy atom. The summed E-state index contributed by atoms with van der Waals surface area (Å²) in [4.78, 5) is 10.3. The molecular formula is C15H11NO2. The molecule has 0 heterocycles. The highest BCUT2D eigenvalue weighted by molar-refractivity contribution is 5.71. The van der Waals surface area contributed by atoms with Crippen LogP contribution in [0.2, 0.25) is 0 Å². The van der Waals surface area contributed by atoms with Gasteiger partial charge in [0.2, 0.25) is 0 Å². The number of nitro benzene ring substituents is 1. The van der Waals surface area contributed by atoms with Gasteiger partial charge in [-0.1, -0.05) is 30.2 Å². The molecule has 0 spiro atoms. The molecular weight excluding hydrogens is 226 g/mol. The Labute approximate surface area is 105 Å². The molecule has 0 aliphatic carbocycles. The number of aryl methyl sites for hydroxylation is 1. The maximum atomic E-state index is 10.8. The van der Waals surface area contributed by atoms with Crippen molar-refractivity contribution in [1.82, 2.24) is 0 Å². The summed E-state index contributed by atoms with van der Waals surface area (Å²) >= 11 is 0. The van der Waals surface area contributed by atoms with Crippen LogP contribution in [0.3, 0.4) is 0 Å². The number of hydrogen-bond donors (Lipinski definition) is 0. The summed E-state index contributed by atoms with van der Waals surface area (Å²) in [6.45, 7) is 1.99. The van der Waals surface area contributed by atoms with E-state index in [0.29, 0.717) is 5.56 Å². The average molecular weight is 237 g/mol. The number of benzene rings is 2. The van der Waals surface area contributed by atoms with Gasteiger partial charge in [0.15, 0.2) is 0 Å². The number of rotatable bonds is 2. The Balaban J connectivity index is 2.59. The van der Waals surface area contributed by atoms with E-state index in [9.17, 15) is 10.1 Å². The van der Waals surface area contributed by atoms with Crippen LogP contribution in [-0.4, -0.2) is 4.92 Å². The Bertz CT molecular complexity index is 654. The van der Waals surface area contributed by atoms with E-state index >= 15 is 0 Å². The minimum Gasteiger partial charge on any atom is -0.258 e. The van der Waals surface area contributed by atoms with Gasteiger partial charge in [-0.25, -0.2) is 0 Å². The molecule has 0 aliphatic rings. The number of nitrogens with zero attached hydrogens (tertiary/aromatic N) is 1. The molecule has 0 aromatic heterocycles. The summed E-state index contributed by atoms with van der Waals surface area (Å²) in [7, 11) is 0. The van der Waals surface area contributed by atoms with Crippen LogP contribution in [0.25, 0.3) is 11.1 Å². The zero-order valence-electron chi connectivity index (χ0n) is 9.88. The first-order chi connectivity index (χ1) is 8.63. The minimum absolute atomic E-state index is 0.0326. The van der Waals surface area contributed by atoms with Crippen LogP contribution in [0.4, 0.5) is 5.69 Å². The van der Waals surface area contributed by atoms with Crippen molar-refractivity contribution in [1.29, 1.82) is 0 Å². The van der Waals surface area contributed by atoms with Gasteiger partial charge in [-0.2, -0.15) is 0 Å². The topological polar surface area (TPSA) is 43.1 Å². The Morgan fingerprint density at radius 1 is 1.22 bits per heavy atom. The molecule has 0 fully saturated rings. The van der Waals surface area contributed by atoms with Gasteiger partial charge < -0.3 is 0 Å². The largest absolute Gasteiger partial charge is 0.284 e. The molecule has 2 aromatic carbocycles. The Kier molecular flexibility index (Phi) is 3.11. The van der Waals surface area contributed by atoms with E-state index in [0.717, 1.165) is 16.7 Å². The van der Waals surface area contributed by atoms with Gasteiger partial charge in [0.05, 0.1) is 4.92 Å². The van der Waals surface area contributed by atoms with Crippen molar-refractivity contribution in [2.45, 2.75) is 6.92 Å². The van der Waals surface area contributed by atoms with Crippen molar-refractivity contribution in [2.24, 2.45) is 0 Å². The lowest BCUT2D eigenvalue weighted by Gasteiger charge is -2.06. The van der Waals surface area contributed by atoms with Gasteiger partial charge >= 0.3 is 0 Å². The summed E-state index contributed by atoms with van der Waals surface area (Å²) < 4.78 is 0. The second kappa shape index (κ2) is 4.72. The standard InChI is InChI=1S/C15H11NO2/c1-3-12-10-13(8-9-15(12)16(17)18)14-7-5-4-6-11(14)2/h1,4-10H,2H3. The maximum Gasteiger partial charge on any atom is 0.284 e. The van der Waals surface area contributed by atoms with Crippen molar-refractivity contribution in [3.05, 3.63) is 63.7 Å². The molecule has 0 N–H and O–H groups in total. The predicted octanol–water partition coefficient (Wildman–Crippen LogP) is 3.55. The van der Waals surface area contributed by atoms with Gasteiger partial charge in [0, 0.05) is 6.07 Å². The molecule has 2 aromatic rings. The molecule has 0 unspecified atom stereocenters. The van der Waals surface area contributed by atoms with Crippen LogP contribution in [0.15, 0.2) is 42.5 Å². The lowest BCUT2D eigenvalue weighted by molar-refractivity contribution is -0.385. The molecule has 0 radical (unpaired) electrons. The van der Waals surface area contributed by atoms with Gasteiger partial charge in [0.25, 0.3) is 5.69 Å². The molecule has 0 saturated carbocycles. The second-order valence-corrected chi connectivity index (χ2v) is 3.95. The molecule has 0 saturated heterocycles. The fraction of sp³-hybridized carbons (Fsp3) is 0.0667. The summed E-state index contributed by atoms with van der Waals surface area (Å²) in [5, 5.41) is 10.8.